The van der Waals surface area contributed by atoms with E-state index in [1.165, 1.54) is 0 Å². The SMILES string of the molecule is O=C(C1CCC(OCC(F)F)CC1)N1Cc2cccnc2Nc2ccc(N3CCOCC3)cc21. The van der Waals surface area contributed by atoms with Crippen molar-refractivity contribution in [3.63, 3.8) is 0 Å². The Morgan fingerprint density at radius 2 is 1.97 bits per heavy atom. The van der Waals surface area contributed by atoms with Crippen LogP contribution in [-0.4, -0.2) is 56.3 Å². The molecule has 9 heteroatoms. The number of amides is 1. The van der Waals surface area contributed by atoms with Crippen LogP contribution in [0.4, 0.5) is 31.7 Å². The van der Waals surface area contributed by atoms with E-state index < -0.39 is 13.0 Å². The number of pyridine rings is 1. The highest BCUT2D eigenvalue weighted by molar-refractivity contribution is 6.00. The highest BCUT2D eigenvalue weighted by Crippen LogP contribution is 2.40. The lowest BCUT2D eigenvalue weighted by molar-refractivity contribution is -0.125. The number of nitrogens with one attached hydrogen (secondary N) is 1. The van der Waals surface area contributed by atoms with Crippen LogP contribution in [-0.2, 0) is 20.8 Å². The molecule has 0 radical (unpaired) electrons. The Morgan fingerprint density at radius 3 is 2.74 bits per heavy atom. The molecule has 0 atom stereocenters. The van der Waals surface area contributed by atoms with Crippen molar-refractivity contribution >= 4 is 28.8 Å². The number of hydrogen-bond acceptors (Lipinski definition) is 6. The molecule has 1 aromatic heterocycles. The van der Waals surface area contributed by atoms with Gasteiger partial charge in [0.15, 0.2) is 0 Å². The molecule has 2 aromatic rings. The summed E-state index contributed by atoms with van der Waals surface area (Å²) in [5, 5.41) is 3.42. The minimum absolute atomic E-state index is 0.0613. The largest absolute Gasteiger partial charge is 0.378 e. The number of alkyl halides is 2. The lowest BCUT2D eigenvalue weighted by Gasteiger charge is -2.33. The van der Waals surface area contributed by atoms with Crippen molar-refractivity contribution in [2.75, 3.05) is 48.0 Å². The van der Waals surface area contributed by atoms with Gasteiger partial charge in [-0.1, -0.05) is 6.07 Å². The molecule has 3 heterocycles. The Morgan fingerprint density at radius 1 is 1.18 bits per heavy atom. The number of carbonyl (C=O) groups excluding carboxylic acids is 1. The molecule has 0 bridgehead atoms. The molecule has 1 amide bonds. The zero-order chi connectivity index (χ0) is 23.5. The van der Waals surface area contributed by atoms with E-state index in [1.54, 1.807) is 6.20 Å². The van der Waals surface area contributed by atoms with Gasteiger partial charge in [-0.2, -0.15) is 0 Å². The Hall–Kier alpha value is -2.78. The van der Waals surface area contributed by atoms with Crippen LogP contribution in [0.15, 0.2) is 36.5 Å². The van der Waals surface area contributed by atoms with Crippen LogP contribution in [0.3, 0.4) is 0 Å². The Kier molecular flexibility index (Phi) is 6.92. The van der Waals surface area contributed by atoms with E-state index in [1.807, 2.05) is 23.1 Å². The van der Waals surface area contributed by atoms with E-state index in [2.05, 4.69) is 27.3 Å². The molecule has 2 aliphatic heterocycles. The standard InChI is InChI=1S/C25H30F2N4O3/c26-23(27)16-34-20-6-3-17(4-7-20)25(32)31-15-18-2-1-9-28-24(18)29-21-8-5-19(14-22(21)31)30-10-12-33-13-11-30/h1-2,5,8-9,14,17,20,23H,3-4,6-7,10-13,15-16H2,(H,28,29). The van der Waals surface area contributed by atoms with Crippen molar-refractivity contribution in [1.82, 2.24) is 4.98 Å². The van der Waals surface area contributed by atoms with Gasteiger partial charge in [0.1, 0.15) is 12.4 Å². The number of aromatic nitrogens is 1. The third-order valence-corrected chi connectivity index (χ3v) is 6.87. The summed E-state index contributed by atoms with van der Waals surface area (Å²) in [5.41, 5.74) is 3.69. The Balaban J connectivity index is 1.40. The van der Waals surface area contributed by atoms with Gasteiger partial charge < -0.3 is 24.6 Å². The second-order valence-corrected chi connectivity index (χ2v) is 9.06. The molecule has 0 spiro atoms. The average molecular weight is 473 g/mol. The monoisotopic (exact) mass is 472 g/mol. The van der Waals surface area contributed by atoms with E-state index in [-0.39, 0.29) is 17.9 Å². The van der Waals surface area contributed by atoms with Gasteiger partial charge in [0, 0.05) is 36.5 Å². The molecule has 1 N–H and O–H groups in total. The summed E-state index contributed by atoms with van der Waals surface area (Å²) in [5.74, 6) is 0.651. The van der Waals surface area contributed by atoms with E-state index in [0.717, 1.165) is 41.5 Å². The topological polar surface area (TPSA) is 66.9 Å². The second kappa shape index (κ2) is 10.2. The lowest BCUT2D eigenvalue weighted by atomic mass is 9.86. The maximum absolute atomic E-state index is 13.8. The van der Waals surface area contributed by atoms with E-state index in [0.29, 0.717) is 45.4 Å². The molecule has 34 heavy (non-hydrogen) atoms. The molecular weight excluding hydrogens is 442 g/mol. The van der Waals surface area contributed by atoms with Crippen molar-refractivity contribution in [3.05, 3.63) is 42.1 Å². The summed E-state index contributed by atoms with van der Waals surface area (Å²) in [6.45, 7) is 2.88. The van der Waals surface area contributed by atoms with E-state index in [9.17, 15) is 13.6 Å². The zero-order valence-electron chi connectivity index (χ0n) is 19.1. The number of hydrogen-bond donors (Lipinski definition) is 1. The van der Waals surface area contributed by atoms with Crippen molar-refractivity contribution in [3.8, 4) is 0 Å². The van der Waals surface area contributed by atoms with Crippen molar-refractivity contribution < 1.29 is 23.0 Å². The molecule has 1 saturated heterocycles. The molecule has 0 unspecified atom stereocenters. The van der Waals surface area contributed by atoms with Crippen LogP contribution in [0.25, 0.3) is 0 Å². The van der Waals surface area contributed by atoms with Crippen molar-refractivity contribution in [2.45, 2.75) is 44.8 Å². The number of ether oxygens (including phenoxy) is 2. The molecule has 1 aromatic carbocycles. The van der Waals surface area contributed by atoms with Gasteiger partial charge in [-0.25, -0.2) is 13.8 Å². The van der Waals surface area contributed by atoms with Gasteiger partial charge in [0.25, 0.3) is 6.43 Å². The Bertz CT molecular complexity index is 1010. The maximum Gasteiger partial charge on any atom is 0.261 e. The first-order valence-electron chi connectivity index (χ1n) is 12.0. The number of nitrogens with zero attached hydrogens (tertiary/aromatic N) is 3. The molecule has 7 nitrogen and oxygen atoms in total. The number of carbonyl (C=O) groups is 1. The van der Waals surface area contributed by atoms with Crippen LogP contribution in [0, 0.1) is 5.92 Å². The van der Waals surface area contributed by atoms with Gasteiger partial charge in [0.2, 0.25) is 5.91 Å². The number of anilines is 4. The normalized spacial score (nSPS) is 22.6. The van der Waals surface area contributed by atoms with Crippen LogP contribution in [0.1, 0.15) is 31.2 Å². The fourth-order valence-electron chi connectivity index (χ4n) is 5.03. The van der Waals surface area contributed by atoms with Gasteiger partial charge in [-0.15, -0.1) is 0 Å². The quantitative estimate of drug-likeness (QED) is 0.698. The molecule has 5 rings (SSSR count). The van der Waals surface area contributed by atoms with E-state index in [4.69, 9.17) is 9.47 Å². The summed E-state index contributed by atoms with van der Waals surface area (Å²) in [6.07, 6.45) is 1.58. The number of morpholine rings is 1. The number of fused-ring (bicyclic) bond motifs is 2. The van der Waals surface area contributed by atoms with E-state index >= 15 is 0 Å². The first-order chi connectivity index (χ1) is 16.6. The fraction of sp³-hybridized carbons (Fsp3) is 0.520. The fourth-order valence-corrected chi connectivity index (χ4v) is 5.03. The lowest BCUT2D eigenvalue weighted by Crippen LogP contribution is -2.39. The summed E-state index contributed by atoms with van der Waals surface area (Å²) >= 11 is 0. The smallest absolute Gasteiger partial charge is 0.261 e. The maximum atomic E-state index is 13.8. The van der Waals surface area contributed by atoms with Crippen molar-refractivity contribution in [2.24, 2.45) is 5.92 Å². The zero-order valence-corrected chi connectivity index (χ0v) is 19.1. The summed E-state index contributed by atoms with van der Waals surface area (Å²) in [4.78, 5) is 22.4. The summed E-state index contributed by atoms with van der Waals surface area (Å²) in [7, 11) is 0. The molecule has 3 aliphatic rings. The highest BCUT2D eigenvalue weighted by atomic mass is 19.3. The molecule has 1 saturated carbocycles. The third-order valence-electron chi connectivity index (χ3n) is 6.87. The average Bonchev–Trinajstić information content (AvgIpc) is 3.04. The van der Waals surface area contributed by atoms with Gasteiger partial charge in [-0.05, 0) is 49.9 Å². The Labute approximate surface area is 198 Å². The highest BCUT2D eigenvalue weighted by Gasteiger charge is 2.33. The predicted molar refractivity (Wildman–Crippen MR) is 126 cm³/mol. The minimum Gasteiger partial charge on any atom is -0.378 e. The third kappa shape index (κ3) is 5.00. The van der Waals surface area contributed by atoms with Crippen LogP contribution in [0.2, 0.25) is 0 Å². The minimum atomic E-state index is -2.46. The van der Waals surface area contributed by atoms with Crippen LogP contribution < -0.4 is 15.1 Å². The summed E-state index contributed by atoms with van der Waals surface area (Å²) < 4.78 is 35.8. The molecule has 182 valence electrons. The number of benzene rings is 1. The van der Waals surface area contributed by atoms with Gasteiger partial charge in [0.05, 0.1) is 37.2 Å². The predicted octanol–water partition coefficient (Wildman–Crippen LogP) is 4.35. The van der Waals surface area contributed by atoms with Crippen LogP contribution >= 0.6 is 0 Å². The first kappa shape index (κ1) is 23.0. The first-order valence-corrected chi connectivity index (χ1v) is 12.0. The van der Waals surface area contributed by atoms with Crippen LogP contribution in [0.5, 0.6) is 0 Å². The van der Waals surface area contributed by atoms with Crippen molar-refractivity contribution in [1.29, 1.82) is 0 Å². The summed E-state index contributed by atoms with van der Waals surface area (Å²) in [6, 6.07) is 10.0. The molecular formula is C25H30F2N4O3. The molecule has 1 aliphatic carbocycles. The van der Waals surface area contributed by atoms with Gasteiger partial charge in [-0.3, -0.25) is 4.79 Å². The number of rotatable bonds is 5. The molecule has 2 fully saturated rings. The number of halogens is 2. The van der Waals surface area contributed by atoms with Gasteiger partial charge >= 0.3 is 0 Å². The second-order valence-electron chi connectivity index (χ2n) is 9.06.